The van der Waals surface area contributed by atoms with Gasteiger partial charge in [-0.2, -0.15) is 0 Å². The van der Waals surface area contributed by atoms with Crippen LogP contribution in [0.2, 0.25) is 0 Å². The van der Waals surface area contributed by atoms with Crippen molar-refractivity contribution in [1.29, 1.82) is 0 Å². The molecule has 0 amide bonds. The van der Waals surface area contributed by atoms with E-state index in [1.807, 2.05) is 30.3 Å². The van der Waals surface area contributed by atoms with E-state index in [9.17, 15) is 14.7 Å². The number of benzene rings is 3. The summed E-state index contributed by atoms with van der Waals surface area (Å²) in [6, 6.07) is 17.8. The van der Waals surface area contributed by atoms with Gasteiger partial charge in [-0.15, -0.1) is 0 Å². The Kier molecular flexibility index (Phi) is 2.88. The first-order valence-corrected chi connectivity index (χ1v) is 8.05. The lowest BCUT2D eigenvalue weighted by atomic mass is 9.99. The molecule has 0 aliphatic carbocycles. The molecule has 5 rings (SSSR count). The summed E-state index contributed by atoms with van der Waals surface area (Å²) in [5, 5.41) is 12.9. The Morgan fingerprint density at radius 2 is 1.58 bits per heavy atom. The number of aromatic carboxylic acids is 1. The minimum absolute atomic E-state index is 0.109. The van der Waals surface area contributed by atoms with Crippen LogP contribution >= 0.6 is 0 Å². The summed E-state index contributed by atoms with van der Waals surface area (Å²) >= 11 is 0. The fourth-order valence-electron chi connectivity index (χ4n) is 3.45. The molecule has 124 valence electrons. The minimum atomic E-state index is -1.06. The van der Waals surface area contributed by atoms with Crippen molar-refractivity contribution in [1.82, 2.24) is 4.98 Å². The van der Waals surface area contributed by atoms with E-state index < -0.39 is 11.6 Å². The quantitative estimate of drug-likeness (QED) is 0.279. The summed E-state index contributed by atoms with van der Waals surface area (Å²) in [7, 11) is 0. The molecule has 0 radical (unpaired) electrons. The Hall–Kier alpha value is -3.73. The average Bonchev–Trinajstić information content (AvgIpc) is 2.66. The molecule has 0 bridgehead atoms. The van der Waals surface area contributed by atoms with Crippen molar-refractivity contribution in [3.05, 3.63) is 76.6 Å². The number of hydrogen-bond acceptors (Lipinski definition) is 4. The fourth-order valence-corrected chi connectivity index (χ4v) is 3.45. The van der Waals surface area contributed by atoms with Gasteiger partial charge in [0, 0.05) is 10.8 Å². The minimum Gasteiger partial charge on any atom is -0.478 e. The van der Waals surface area contributed by atoms with E-state index in [1.54, 1.807) is 30.3 Å². The van der Waals surface area contributed by atoms with Crippen LogP contribution in [0.15, 0.2) is 69.9 Å². The maximum Gasteiger partial charge on any atom is 0.345 e. The van der Waals surface area contributed by atoms with Gasteiger partial charge < -0.3 is 9.52 Å². The van der Waals surface area contributed by atoms with Gasteiger partial charge in [0.25, 0.3) is 0 Å². The van der Waals surface area contributed by atoms with E-state index in [0.29, 0.717) is 32.8 Å². The third kappa shape index (κ3) is 1.94. The molecule has 2 heterocycles. The number of carboxylic acids is 1. The molecular formula is C21H11NO4. The summed E-state index contributed by atoms with van der Waals surface area (Å²) in [5.41, 5.74) is 0.854. The Morgan fingerprint density at radius 1 is 0.846 bits per heavy atom. The number of nitrogens with zero attached hydrogens (tertiary/aromatic N) is 1. The number of para-hydroxylation sites is 1. The van der Waals surface area contributed by atoms with E-state index in [0.717, 1.165) is 10.8 Å². The summed E-state index contributed by atoms with van der Waals surface area (Å²) in [6.45, 7) is 0. The second-order valence-electron chi connectivity index (χ2n) is 6.12. The number of carbonyl (C=O) groups is 1. The van der Waals surface area contributed by atoms with E-state index in [2.05, 4.69) is 4.98 Å². The van der Waals surface area contributed by atoms with Crippen molar-refractivity contribution in [3.63, 3.8) is 0 Å². The smallest absolute Gasteiger partial charge is 0.345 e. The zero-order chi connectivity index (χ0) is 17.8. The average molecular weight is 341 g/mol. The van der Waals surface area contributed by atoms with Gasteiger partial charge in [-0.1, -0.05) is 36.4 Å². The van der Waals surface area contributed by atoms with Gasteiger partial charge in [0.05, 0.1) is 22.0 Å². The van der Waals surface area contributed by atoms with Crippen LogP contribution in [-0.4, -0.2) is 16.1 Å². The molecule has 1 N–H and O–H groups in total. The Labute approximate surface area is 146 Å². The maximum absolute atomic E-state index is 12.5. The summed E-state index contributed by atoms with van der Waals surface area (Å²) in [4.78, 5) is 28.9. The van der Waals surface area contributed by atoms with Crippen molar-refractivity contribution in [3.8, 4) is 0 Å². The highest BCUT2D eigenvalue weighted by Gasteiger charge is 2.17. The van der Waals surface area contributed by atoms with Gasteiger partial charge in [-0.25, -0.2) is 14.6 Å². The molecule has 0 atom stereocenters. The second kappa shape index (κ2) is 5.13. The predicted molar refractivity (Wildman–Crippen MR) is 99.8 cm³/mol. The molecule has 0 aliphatic heterocycles. The highest BCUT2D eigenvalue weighted by molar-refractivity contribution is 6.18. The van der Waals surface area contributed by atoms with Crippen LogP contribution < -0.4 is 5.63 Å². The van der Waals surface area contributed by atoms with Crippen molar-refractivity contribution in [2.45, 2.75) is 0 Å². The number of pyridine rings is 1. The lowest BCUT2D eigenvalue weighted by Crippen LogP contribution is -2.04. The number of fused-ring (bicyclic) bond motifs is 6. The van der Waals surface area contributed by atoms with Gasteiger partial charge in [0.1, 0.15) is 5.58 Å². The molecule has 2 aromatic heterocycles. The summed E-state index contributed by atoms with van der Waals surface area (Å²) < 4.78 is 5.40. The molecule has 0 unspecified atom stereocenters. The first-order valence-electron chi connectivity index (χ1n) is 8.05. The molecule has 5 aromatic rings. The van der Waals surface area contributed by atoms with Crippen molar-refractivity contribution >= 4 is 49.5 Å². The maximum atomic E-state index is 12.5. The SMILES string of the molecule is O=C(O)c1cc2ccccc2c2cc3c(=O)oc4ccccc4c3nc12. The fraction of sp³-hybridized carbons (Fsp3) is 0. The molecule has 0 saturated carbocycles. The van der Waals surface area contributed by atoms with Gasteiger partial charge in [0.15, 0.2) is 0 Å². The Balaban J connectivity index is 2.11. The molecule has 5 nitrogen and oxygen atoms in total. The number of aromatic nitrogens is 1. The van der Waals surface area contributed by atoms with Crippen molar-refractivity contribution in [2.75, 3.05) is 0 Å². The molecule has 0 saturated heterocycles. The van der Waals surface area contributed by atoms with Crippen molar-refractivity contribution in [2.24, 2.45) is 0 Å². The zero-order valence-electron chi connectivity index (χ0n) is 13.4. The van der Waals surface area contributed by atoms with Gasteiger partial charge in [-0.05, 0) is 35.0 Å². The lowest BCUT2D eigenvalue weighted by molar-refractivity contribution is 0.0699. The Morgan fingerprint density at radius 3 is 2.38 bits per heavy atom. The van der Waals surface area contributed by atoms with Gasteiger partial charge >= 0.3 is 11.6 Å². The topological polar surface area (TPSA) is 80.4 Å². The number of hydrogen-bond donors (Lipinski definition) is 1. The van der Waals surface area contributed by atoms with Crippen LogP contribution in [0.5, 0.6) is 0 Å². The summed E-state index contributed by atoms with van der Waals surface area (Å²) in [6.07, 6.45) is 0. The van der Waals surface area contributed by atoms with Crippen LogP contribution in [0.25, 0.3) is 43.5 Å². The zero-order valence-corrected chi connectivity index (χ0v) is 13.4. The van der Waals surface area contributed by atoms with E-state index in [1.165, 1.54) is 0 Å². The molecule has 5 heteroatoms. The van der Waals surface area contributed by atoms with Crippen LogP contribution in [-0.2, 0) is 0 Å². The first kappa shape index (κ1) is 14.6. The van der Waals surface area contributed by atoms with E-state index >= 15 is 0 Å². The third-order valence-corrected chi connectivity index (χ3v) is 4.62. The van der Waals surface area contributed by atoms with Gasteiger partial charge in [-0.3, -0.25) is 0 Å². The van der Waals surface area contributed by atoms with E-state index in [-0.39, 0.29) is 5.56 Å². The largest absolute Gasteiger partial charge is 0.478 e. The molecule has 26 heavy (non-hydrogen) atoms. The van der Waals surface area contributed by atoms with Crippen LogP contribution in [0.1, 0.15) is 10.4 Å². The normalized spacial score (nSPS) is 11.5. The molecular weight excluding hydrogens is 330 g/mol. The number of rotatable bonds is 1. The van der Waals surface area contributed by atoms with Gasteiger partial charge in [0.2, 0.25) is 0 Å². The molecule has 0 spiro atoms. The second-order valence-corrected chi connectivity index (χ2v) is 6.12. The molecule has 3 aromatic carbocycles. The van der Waals surface area contributed by atoms with Crippen molar-refractivity contribution < 1.29 is 14.3 Å². The Bertz CT molecular complexity index is 1430. The highest BCUT2D eigenvalue weighted by Crippen LogP contribution is 2.31. The monoisotopic (exact) mass is 341 g/mol. The summed E-state index contributed by atoms with van der Waals surface area (Å²) in [5.74, 6) is -1.06. The van der Waals surface area contributed by atoms with E-state index in [4.69, 9.17) is 4.42 Å². The predicted octanol–water partition coefficient (Wildman–Crippen LogP) is 4.35. The number of carboxylic acid groups (broad SMARTS) is 1. The molecule has 0 fully saturated rings. The first-order chi connectivity index (χ1) is 12.6. The van der Waals surface area contributed by atoms with Crippen LogP contribution in [0.3, 0.4) is 0 Å². The standard InChI is InChI=1S/C21H11NO4/c23-20(24)15-9-11-5-1-2-6-12(11)14-10-16-18(22-19(14)15)13-7-3-4-8-17(13)26-21(16)25/h1-10H,(H,23,24). The highest BCUT2D eigenvalue weighted by atomic mass is 16.4. The molecule has 0 aliphatic rings. The van der Waals surface area contributed by atoms with Crippen LogP contribution in [0.4, 0.5) is 0 Å². The lowest BCUT2D eigenvalue weighted by Gasteiger charge is -2.09. The van der Waals surface area contributed by atoms with Crippen LogP contribution in [0, 0.1) is 0 Å². The third-order valence-electron chi connectivity index (χ3n) is 4.62.